The maximum atomic E-state index is 6.07. The molecule has 76 valence electrons. The van der Waals surface area contributed by atoms with E-state index in [1.54, 1.807) is 0 Å². The van der Waals surface area contributed by atoms with E-state index in [2.05, 4.69) is 17.1 Å². The summed E-state index contributed by atoms with van der Waals surface area (Å²) in [4.78, 5) is 4.06. The highest BCUT2D eigenvalue weighted by molar-refractivity contribution is 6.36. The number of hydrogen-bond donors (Lipinski definition) is 0. The average Bonchev–Trinajstić information content (AvgIpc) is 2.61. The van der Waals surface area contributed by atoms with Crippen LogP contribution in [0.15, 0.2) is 18.2 Å². The fourth-order valence-corrected chi connectivity index (χ4v) is 2.76. The molecule has 3 rings (SSSR count). The summed E-state index contributed by atoms with van der Waals surface area (Å²) in [5.74, 6) is 0. The summed E-state index contributed by atoms with van der Waals surface area (Å²) in [5.41, 5.74) is 2.84. The molecule has 0 aliphatic heterocycles. The molecule has 0 bridgehead atoms. The van der Waals surface area contributed by atoms with E-state index in [4.69, 9.17) is 23.2 Å². The molecule has 3 heteroatoms. The molecular weight excluding hydrogens is 229 g/mol. The molecule has 0 amide bonds. The Morgan fingerprint density at radius 2 is 1.73 bits per heavy atom. The first-order valence-corrected chi connectivity index (χ1v) is 5.77. The van der Waals surface area contributed by atoms with Crippen LogP contribution in [0.4, 0.5) is 0 Å². The first-order valence-electron chi connectivity index (χ1n) is 5.01. The Hall–Kier alpha value is -0.790. The van der Waals surface area contributed by atoms with Gasteiger partial charge >= 0.3 is 0 Å². The van der Waals surface area contributed by atoms with E-state index < -0.39 is 0 Å². The van der Waals surface area contributed by atoms with Gasteiger partial charge in [0.25, 0.3) is 0 Å². The number of hydrogen-bond acceptors (Lipinski definition) is 1. The standard InChI is InChI=1S/C12H9Cl2N/c13-11-6-9-4-7-2-1-3-8(7)5-10(9)12(14)15-11/h4-6H,1-3H2. The van der Waals surface area contributed by atoms with Crippen LogP contribution in [0.1, 0.15) is 17.5 Å². The zero-order valence-electron chi connectivity index (χ0n) is 8.06. The molecule has 0 fully saturated rings. The van der Waals surface area contributed by atoms with Gasteiger partial charge in [0, 0.05) is 5.39 Å². The Bertz CT molecular complexity index is 549. The molecule has 0 unspecified atom stereocenters. The van der Waals surface area contributed by atoms with Crippen LogP contribution >= 0.6 is 23.2 Å². The molecule has 0 N–H and O–H groups in total. The summed E-state index contributed by atoms with van der Waals surface area (Å²) in [6.45, 7) is 0. The highest BCUT2D eigenvalue weighted by Gasteiger charge is 2.13. The number of nitrogens with zero attached hydrogens (tertiary/aromatic N) is 1. The number of aromatic nitrogens is 1. The zero-order chi connectivity index (χ0) is 10.4. The van der Waals surface area contributed by atoms with E-state index in [0.717, 1.165) is 17.2 Å². The maximum absolute atomic E-state index is 6.07. The highest BCUT2D eigenvalue weighted by Crippen LogP contribution is 2.31. The lowest BCUT2D eigenvalue weighted by Crippen LogP contribution is -1.86. The third kappa shape index (κ3) is 1.51. The van der Waals surface area contributed by atoms with E-state index in [9.17, 15) is 0 Å². The number of rotatable bonds is 0. The lowest BCUT2D eigenvalue weighted by Gasteiger charge is -2.05. The predicted molar refractivity (Wildman–Crippen MR) is 63.8 cm³/mol. The molecule has 1 heterocycles. The molecule has 0 saturated heterocycles. The number of halogens is 2. The largest absolute Gasteiger partial charge is 0.224 e. The monoisotopic (exact) mass is 237 g/mol. The SMILES string of the molecule is Clc1cc2cc3c(cc2c(Cl)n1)CCC3. The third-order valence-corrected chi connectivity index (χ3v) is 3.45. The van der Waals surface area contributed by atoms with Gasteiger partial charge in [-0.25, -0.2) is 4.98 Å². The summed E-state index contributed by atoms with van der Waals surface area (Å²) in [5, 5.41) is 3.08. The second kappa shape index (κ2) is 3.36. The molecule has 0 atom stereocenters. The average molecular weight is 238 g/mol. The molecule has 2 aromatic rings. The molecule has 15 heavy (non-hydrogen) atoms. The first-order chi connectivity index (χ1) is 7.24. The van der Waals surface area contributed by atoms with Crippen LogP contribution in [-0.4, -0.2) is 4.98 Å². The molecule has 0 spiro atoms. The van der Waals surface area contributed by atoms with Crippen LogP contribution in [0.25, 0.3) is 10.8 Å². The lowest BCUT2D eigenvalue weighted by molar-refractivity contribution is 0.912. The topological polar surface area (TPSA) is 12.9 Å². The van der Waals surface area contributed by atoms with E-state index in [0.29, 0.717) is 10.3 Å². The second-order valence-corrected chi connectivity index (χ2v) is 4.68. The number of fused-ring (bicyclic) bond motifs is 2. The first kappa shape index (κ1) is 9.44. The number of pyridine rings is 1. The van der Waals surface area contributed by atoms with Gasteiger partial charge in [-0.1, -0.05) is 29.3 Å². The van der Waals surface area contributed by atoms with E-state index >= 15 is 0 Å². The Kier molecular flexibility index (Phi) is 2.11. The normalized spacial score (nSPS) is 14.5. The van der Waals surface area contributed by atoms with Crippen molar-refractivity contribution in [2.45, 2.75) is 19.3 Å². The zero-order valence-corrected chi connectivity index (χ0v) is 9.57. The Morgan fingerprint density at radius 1 is 1.00 bits per heavy atom. The fraction of sp³-hybridized carbons (Fsp3) is 0.250. The van der Waals surface area contributed by atoms with Crippen molar-refractivity contribution in [2.75, 3.05) is 0 Å². The highest BCUT2D eigenvalue weighted by atomic mass is 35.5. The van der Waals surface area contributed by atoms with Gasteiger partial charge in [0.05, 0.1) is 0 Å². The van der Waals surface area contributed by atoms with E-state index in [1.807, 2.05) is 6.07 Å². The van der Waals surface area contributed by atoms with Crippen LogP contribution < -0.4 is 0 Å². The molecule has 1 nitrogen and oxygen atoms in total. The van der Waals surface area contributed by atoms with Crippen LogP contribution in [0.2, 0.25) is 10.3 Å². The summed E-state index contributed by atoms with van der Waals surface area (Å²) in [7, 11) is 0. The van der Waals surface area contributed by atoms with Crippen molar-refractivity contribution in [1.29, 1.82) is 0 Å². The van der Waals surface area contributed by atoms with Gasteiger partial charge in [0.1, 0.15) is 10.3 Å². The Morgan fingerprint density at radius 3 is 2.53 bits per heavy atom. The van der Waals surface area contributed by atoms with Crippen LogP contribution in [0.3, 0.4) is 0 Å². The quantitative estimate of drug-likeness (QED) is 0.631. The number of aryl methyl sites for hydroxylation is 2. The van der Waals surface area contributed by atoms with Crippen molar-refractivity contribution in [3.05, 3.63) is 39.6 Å². The summed E-state index contributed by atoms with van der Waals surface area (Å²) >= 11 is 11.9. The van der Waals surface area contributed by atoms with Gasteiger partial charge in [-0.2, -0.15) is 0 Å². The summed E-state index contributed by atoms with van der Waals surface area (Å²) in [6, 6.07) is 6.22. The fourth-order valence-electron chi connectivity index (χ4n) is 2.26. The van der Waals surface area contributed by atoms with Crippen molar-refractivity contribution in [3.63, 3.8) is 0 Å². The molecule has 0 radical (unpaired) electrons. The number of benzene rings is 1. The third-order valence-electron chi connectivity index (χ3n) is 2.97. The van der Waals surface area contributed by atoms with E-state index in [-0.39, 0.29) is 0 Å². The van der Waals surface area contributed by atoms with Crippen molar-refractivity contribution in [1.82, 2.24) is 4.98 Å². The Labute approximate surface area is 98.0 Å². The van der Waals surface area contributed by atoms with Gasteiger partial charge in [0.2, 0.25) is 0 Å². The van der Waals surface area contributed by atoms with Gasteiger partial charge in [0.15, 0.2) is 0 Å². The lowest BCUT2D eigenvalue weighted by atomic mass is 10.0. The molecule has 1 aromatic heterocycles. The molecule has 1 aliphatic rings. The van der Waals surface area contributed by atoms with Gasteiger partial charge in [-0.3, -0.25) is 0 Å². The van der Waals surface area contributed by atoms with Crippen molar-refractivity contribution < 1.29 is 0 Å². The van der Waals surface area contributed by atoms with Crippen molar-refractivity contribution >= 4 is 34.0 Å². The van der Waals surface area contributed by atoms with Crippen molar-refractivity contribution in [2.24, 2.45) is 0 Å². The van der Waals surface area contributed by atoms with Gasteiger partial charge < -0.3 is 0 Å². The van der Waals surface area contributed by atoms with Gasteiger partial charge in [-0.15, -0.1) is 0 Å². The molecular formula is C12H9Cl2N. The summed E-state index contributed by atoms with van der Waals surface area (Å²) in [6.07, 6.45) is 3.57. The minimum absolute atomic E-state index is 0.463. The minimum atomic E-state index is 0.463. The summed E-state index contributed by atoms with van der Waals surface area (Å²) < 4.78 is 0. The smallest absolute Gasteiger partial charge is 0.138 e. The Balaban J connectivity index is 2.38. The van der Waals surface area contributed by atoms with E-state index in [1.165, 1.54) is 24.0 Å². The maximum Gasteiger partial charge on any atom is 0.138 e. The molecule has 1 aliphatic carbocycles. The van der Waals surface area contributed by atoms with Gasteiger partial charge in [-0.05, 0) is 47.9 Å². The van der Waals surface area contributed by atoms with Crippen LogP contribution in [-0.2, 0) is 12.8 Å². The van der Waals surface area contributed by atoms with Crippen molar-refractivity contribution in [3.8, 4) is 0 Å². The molecule has 0 saturated carbocycles. The second-order valence-electron chi connectivity index (χ2n) is 3.93. The molecule has 1 aromatic carbocycles. The van der Waals surface area contributed by atoms with Crippen LogP contribution in [0, 0.1) is 0 Å². The predicted octanol–water partition coefficient (Wildman–Crippen LogP) is 4.03. The van der Waals surface area contributed by atoms with Crippen LogP contribution in [0.5, 0.6) is 0 Å². The minimum Gasteiger partial charge on any atom is -0.224 e.